The van der Waals surface area contributed by atoms with Crippen LogP contribution in [0.3, 0.4) is 0 Å². The molecule has 0 atom stereocenters. The van der Waals surface area contributed by atoms with Gasteiger partial charge in [-0.05, 0) is 42.9 Å². The van der Waals surface area contributed by atoms with E-state index in [2.05, 4.69) is 27.9 Å². The zero-order valence-corrected chi connectivity index (χ0v) is 15.8. The lowest BCUT2D eigenvalue weighted by molar-refractivity contribution is 0.271. The molecule has 6 heteroatoms. The van der Waals surface area contributed by atoms with Crippen molar-refractivity contribution < 1.29 is 4.42 Å². The fourth-order valence-corrected chi connectivity index (χ4v) is 3.87. The molecular formula is C22H22N4O2. The highest BCUT2D eigenvalue weighted by molar-refractivity contribution is 5.84. The topological polar surface area (TPSA) is 54.0 Å². The minimum atomic E-state index is -0.358. The number of benzene rings is 1. The first-order chi connectivity index (χ1) is 13.7. The Bertz CT molecular complexity index is 1170. The van der Waals surface area contributed by atoms with Gasteiger partial charge in [-0.3, -0.25) is 0 Å². The van der Waals surface area contributed by atoms with E-state index in [9.17, 15) is 4.79 Å². The summed E-state index contributed by atoms with van der Waals surface area (Å²) in [5, 5.41) is 5.41. The molecule has 4 aromatic rings. The second-order valence-corrected chi connectivity index (χ2v) is 7.19. The molecule has 0 spiro atoms. The van der Waals surface area contributed by atoms with Gasteiger partial charge in [-0.25, -0.2) is 9.31 Å². The van der Waals surface area contributed by atoms with E-state index in [-0.39, 0.29) is 5.63 Å². The summed E-state index contributed by atoms with van der Waals surface area (Å²) in [5.74, 6) is 0. The molecule has 0 unspecified atom stereocenters. The van der Waals surface area contributed by atoms with E-state index in [4.69, 9.17) is 4.42 Å². The minimum Gasteiger partial charge on any atom is -0.422 e. The number of fused-ring (bicyclic) bond motifs is 2. The summed E-state index contributed by atoms with van der Waals surface area (Å²) in [6.45, 7) is 7.38. The third-order valence-electron chi connectivity index (χ3n) is 5.55. The van der Waals surface area contributed by atoms with Crippen LogP contribution in [0.15, 0.2) is 63.9 Å². The number of nitrogens with zero attached hydrogens (tertiary/aromatic N) is 4. The number of hydrogen-bond acceptors (Lipinski definition) is 5. The number of anilines is 1. The second kappa shape index (κ2) is 6.80. The Labute approximate surface area is 162 Å². The van der Waals surface area contributed by atoms with Gasteiger partial charge in [0.15, 0.2) is 0 Å². The molecule has 1 aliphatic rings. The van der Waals surface area contributed by atoms with Crippen molar-refractivity contribution in [2.24, 2.45) is 0 Å². The van der Waals surface area contributed by atoms with Crippen LogP contribution in [-0.2, 0) is 0 Å². The van der Waals surface area contributed by atoms with Gasteiger partial charge in [0.1, 0.15) is 11.3 Å². The summed E-state index contributed by atoms with van der Waals surface area (Å²) >= 11 is 0. The lowest BCUT2D eigenvalue weighted by Gasteiger charge is -2.35. The quantitative estimate of drug-likeness (QED) is 0.515. The molecule has 1 aliphatic heterocycles. The van der Waals surface area contributed by atoms with Crippen molar-refractivity contribution in [2.45, 2.75) is 6.92 Å². The highest BCUT2D eigenvalue weighted by Crippen LogP contribution is 2.26. The Morgan fingerprint density at radius 3 is 2.68 bits per heavy atom. The Balaban J connectivity index is 1.50. The molecule has 1 fully saturated rings. The number of pyridine rings is 1. The van der Waals surface area contributed by atoms with Crippen LogP contribution in [0.4, 0.5) is 5.69 Å². The summed E-state index contributed by atoms with van der Waals surface area (Å²) in [6.07, 6.45) is 1.87. The minimum absolute atomic E-state index is 0.358. The van der Waals surface area contributed by atoms with Crippen molar-refractivity contribution in [1.29, 1.82) is 0 Å². The van der Waals surface area contributed by atoms with E-state index in [1.165, 1.54) is 0 Å². The van der Waals surface area contributed by atoms with Gasteiger partial charge in [0.2, 0.25) is 0 Å². The van der Waals surface area contributed by atoms with E-state index >= 15 is 0 Å². The van der Waals surface area contributed by atoms with Crippen LogP contribution in [0.1, 0.15) is 6.92 Å². The van der Waals surface area contributed by atoms with Gasteiger partial charge < -0.3 is 14.2 Å². The first-order valence-electron chi connectivity index (χ1n) is 9.71. The number of rotatable bonds is 3. The van der Waals surface area contributed by atoms with Crippen molar-refractivity contribution in [2.75, 3.05) is 37.6 Å². The molecular weight excluding hydrogens is 352 g/mol. The van der Waals surface area contributed by atoms with Gasteiger partial charge >= 0.3 is 5.63 Å². The number of likely N-dealkylation sites (N-methyl/N-ethyl adjacent to an activating group) is 1. The predicted molar refractivity (Wildman–Crippen MR) is 111 cm³/mol. The average molecular weight is 374 g/mol. The van der Waals surface area contributed by atoms with Gasteiger partial charge in [-0.2, -0.15) is 5.10 Å². The van der Waals surface area contributed by atoms with E-state index in [0.717, 1.165) is 49.3 Å². The summed E-state index contributed by atoms with van der Waals surface area (Å²) < 4.78 is 7.44. The monoisotopic (exact) mass is 374 g/mol. The Hall–Kier alpha value is -3.12. The standard InChI is InChI=1S/C22H22N4O2/c1-2-24-9-11-25(12-10-24)17-7-6-16-13-19(22(27)28-21(16)15-17)20-14-18-5-3-4-8-26(18)23-20/h3-8,13-15H,2,9-12H2,1H3. The summed E-state index contributed by atoms with van der Waals surface area (Å²) in [6, 6.07) is 15.7. The third kappa shape index (κ3) is 2.96. The molecule has 0 saturated carbocycles. The molecule has 0 N–H and O–H groups in total. The molecule has 0 amide bonds. The SMILES string of the molecule is CCN1CCN(c2ccc3cc(-c4cc5ccccn5n4)c(=O)oc3c2)CC1. The van der Waals surface area contributed by atoms with Crippen molar-refractivity contribution in [3.05, 3.63) is 65.1 Å². The van der Waals surface area contributed by atoms with Crippen molar-refractivity contribution >= 4 is 22.2 Å². The Morgan fingerprint density at radius 2 is 1.89 bits per heavy atom. The fraction of sp³-hybridized carbons (Fsp3) is 0.273. The molecule has 5 rings (SSSR count). The molecule has 3 aromatic heterocycles. The Kier molecular flexibility index (Phi) is 4.13. The van der Waals surface area contributed by atoms with Crippen molar-refractivity contribution in [3.8, 4) is 11.3 Å². The average Bonchev–Trinajstić information content (AvgIpc) is 3.17. The molecule has 1 aromatic carbocycles. The molecule has 0 aliphatic carbocycles. The number of piperazine rings is 1. The van der Waals surface area contributed by atoms with E-state index in [1.807, 2.05) is 48.7 Å². The maximum Gasteiger partial charge on any atom is 0.345 e. The first-order valence-corrected chi connectivity index (χ1v) is 9.71. The molecule has 142 valence electrons. The molecule has 28 heavy (non-hydrogen) atoms. The van der Waals surface area contributed by atoms with E-state index in [1.54, 1.807) is 4.52 Å². The second-order valence-electron chi connectivity index (χ2n) is 7.19. The van der Waals surface area contributed by atoms with Gasteiger partial charge in [0, 0.05) is 49.5 Å². The zero-order chi connectivity index (χ0) is 19.1. The predicted octanol–water partition coefficient (Wildman–Crippen LogP) is 3.25. The number of aromatic nitrogens is 2. The van der Waals surface area contributed by atoms with Gasteiger partial charge in [0.25, 0.3) is 0 Å². The van der Waals surface area contributed by atoms with Crippen LogP contribution in [0.2, 0.25) is 0 Å². The smallest absolute Gasteiger partial charge is 0.345 e. The molecule has 6 nitrogen and oxygen atoms in total. The lowest BCUT2D eigenvalue weighted by Crippen LogP contribution is -2.46. The molecule has 4 heterocycles. The third-order valence-corrected chi connectivity index (χ3v) is 5.55. The number of hydrogen-bond donors (Lipinski definition) is 0. The van der Waals surface area contributed by atoms with Crippen LogP contribution >= 0.6 is 0 Å². The summed E-state index contributed by atoms with van der Waals surface area (Å²) in [7, 11) is 0. The van der Waals surface area contributed by atoms with Gasteiger partial charge in [-0.1, -0.05) is 13.0 Å². The summed E-state index contributed by atoms with van der Waals surface area (Å²) in [4.78, 5) is 17.4. The van der Waals surface area contributed by atoms with E-state index < -0.39 is 0 Å². The highest BCUT2D eigenvalue weighted by atomic mass is 16.4. The van der Waals surface area contributed by atoms with Crippen LogP contribution in [0, 0.1) is 0 Å². The highest BCUT2D eigenvalue weighted by Gasteiger charge is 2.17. The largest absolute Gasteiger partial charge is 0.422 e. The molecule has 0 bridgehead atoms. The van der Waals surface area contributed by atoms with Gasteiger partial charge in [-0.15, -0.1) is 0 Å². The maximum atomic E-state index is 12.6. The lowest BCUT2D eigenvalue weighted by atomic mass is 10.1. The maximum absolute atomic E-state index is 12.6. The Morgan fingerprint density at radius 1 is 1.04 bits per heavy atom. The van der Waals surface area contributed by atoms with E-state index in [0.29, 0.717) is 16.8 Å². The van der Waals surface area contributed by atoms with Crippen LogP contribution in [-0.4, -0.2) is 47.2 Å². The summed E-state index contributed by atoms with van der Waals surface area (Å²) in [5.41, 5.74) is 3.42. The van der Waals surface area contributed by atoms with Crippen molar-refractivity contribution in [1.82, 2.24) is 14.5 Å². The zero-order valence-electron chi connectivity index (χ0n) is 15.8. The molecule has 0 radical (unpaired) electrons. The first kappa shape index (κ1) is 17.0. The fourth-order valence-electron chi connectivity index (χ4n) is 3.87. The van der Waals surface area contributed by atoms with Crippen molar-refractivity contribution in [3.63, 3.8) is 0 Å². The normalized spacial score (nSPS) is 15.5. The van der Waals surface area contributed by atoms with Crippen LogP contribution < -0.4 is 10.5 Å². The molecule has 1 saturated heterocycles. The van der Waals surface area contributed by atoms with Crippen LogP contribution in [0.25, 0.3) is 27.7 Å². The van der Waals surface area contributed by atoms with Gasteiger partial charge in [0.05, 0.1) is 11.1 Å². The van der Waals surface area contributed by atoms with Crippen LogP contribution in [0.5, 0.6) is 0 Å².